The van der Waals surface area contributed by atoms with Crippen LogP contribution in [0.3, 0.4) is 0 Å². The van der Waals surface area contributed by atoms with Gasteiger partial charge in [-0.15, -0.1) is 0 Å². The number of sulfonamides is 1. The first-order chi connectivity index (χ1) is 10.8. The fraction of sp³-hybridized carbons (Fsp3) is 0.357. The molecule has 23 heavy (non-hydrogen) atoms. The van der Waals surface area contributed by atoms with Gasteiger partial charge in [0.15, 0.2) is 0 Å². The van der Waals surface area contributed by atoms with E-state index in [1.807, 2.05) is 0 Å². The number of nitrogens with one attached hydrogen (secondary N) is 1. The maximum atomic E-state index is 12.2. The fourth-order valence-corrected chi connectivity index (χ4v) is 3.44. The minimum absolute atomic E-state index is 0.0430. The van der Waals surface area contributed by atoms with Crippen LogP contribution in [0, 0.1) is 10.1 Å². The Morgan fingerprint density at radius 3 is 2.39 bits per heavy atom. The molecule has 0 radical (unpaired) electrons. The summed E-state index contributed by atoms with van der Waals surface area (Å²) >= 11 is 0. The van der Waals surface area contributed by atoms with Crippen molar-refractivity contribution in [2.45, 2.75) is 36.8 Å². The molecule has 0 saturated heterocycles. The molecule has 9 heteroatoms. The molecule has 0 aliphatic heterocycles. The normalized spacial score (nSPS) is 20.9. The Bertz CT molecular complexity index is 726. The zero-order chi connectivity index (χ0) is 17.0. The summed E-state index contributed by atoms with van der Waals surface area (Å²) in [7, 11) is -3.77. The number of nitro groups is 1. The third-order valence-electron chi connectivity index (χ3n) is 3.30. The number of non-ortho nitro benzene ring substituents is 1. The zero-order valence-electron chi connectivity index (χ0n) is 12.3. The monoisotopic (exact) mass is 340 g/mol. The van der Waals surface area contributed by atoms with Gasteiger partial charge in [-0.05, 0) is 31.1 Å². The van der Waals surface area contributed by atoms with Gasteiger partial charge in [-0.25, -0.2) is 13.1 Å². The van der Waals surface area contributed by atoms with Crippen molar-refractivity contribution in [1.29, 1.82) is 0 Å². The third kappa shape index (κ3) is 4.60. The number of rotatable bonds is 5. The van der Waals surface area contributed by atoms with Crippen LogP contribution in [0.15, 0.2) is 41.3 Å². The van der Waals surface area contributed by atoms with Crippen LogP contribution in [0.2, 0.25) is 0 Å². The van der Waals surface area contributed by atoms with Crippen molar-refractivity contribution in [1.82, 2.24) is 4.72 Å². The Hall–Kier alpha value is -2.26. The number of hydrogen-bond donors (Lipinski definition) is 1. The Labute approximate surface area is 133 Å². The molecule has 0 heterocycles. The minimum atomic E-state index is -3.77. The summed E-state index contributed by atoms with van der Waals surface area (Å²) in [6.45, 7) is 1.32. The number of ether oxygens (including phenoxy) is 1. The van der Waals surface area contributed by atoms with Gasteiger partial charge in [-0.2, -0.15) is 0 Å². The molecule has 8 nitrogen and oxygen atoms in total. The lowest BCUT2D eigenvalue weighted by Gasteiger charge is -2.23. The molecule has 0 spiro atoms. The average molecular weight is 340 g/mol. The van der Waals surface area contributed by atoms with Crippen molar-refractivity contribution in [3.05, 3.63) is 46.5 Å². The molecule has 1 aliphatic rings. The van der Waals surface area contributed by atoms with Gasteiger partial charge in [0.05, 0.1) is 9.82 Å². The number of nitrogens with zero attached hydrogens (tertiary/aromatic N) is 1. The van der Waals surface area contributed by atoms with Crippen LogP contribution in [0.5, 0.6) is 0 Å². The predicted molar refractivity (Wildman–Crippen MR) is 81.1 cm³/mol. The van der Waals surface area contributed by atoms with Gasteiger partial charge in [0.2, 0.25) is 10.0 Å². The highest BCUT2D eigenvalue weighted by molar-refractivity contribution is 7.89. The van der Waals surface area contributed by atoms with E-state index in [2.05, 4.69) is 4.72 Å². The van der Waals surface area contributed by atoms with E-state index >= 15 is 0 Å². The van der Waals surface area contributed by atoms with E-state index in [0.717, 1.165) is 12.1 Å². The first kappa shape index (κ1) is 17.1. The van der Waals surface area contributed by atoms with Gasteiger partial charge in [0.25, 0.3) is 5.69 Å². The zero-order valence-corrected chi connectivity index (χ0v) is 13.2. The second-order valence-electron chi connectivity index (χ2n) is 5.09. The Balaban J connectivity index is 2.04. The van der Waals surface area contributed by atoms with Crippen LogP contribution in [-0.2, 0) is 19.6 Å². The predicted octanol–water partition coefficient (Wildman–Crippen LogP) is 1.52. The van der Waals surface area contributed by atoms with Crippen molar-refractivity contribution in [3.63, 3.8) is 0 Å². The molecule has 0 aromatic heterocycles. The minimum Gasteiger partial charge on any atom is -0.458 e. The molecule has 0 unspecified atom stereocenters. The number of benzene rings is 1. The van der Waals surface area contributed by atoms with Gasteiger partial charge < -0.3 is 4.74 Å². The Morgan fingerprint density at radius 1 is 1.26 bits per heavy atom. The molecule has 2 atom stereocenters. The van der Waals surface area contributed by atoms with Crippen LogP contribution in [0.1, 0.15) is 19.8 Å². The molecular weight excluding hydrogens is 324 g/mol. The first-order valence-electron chi connectivity index (χ1n) is 6.90. The lowest BCUT2D eigenvalue weighted by atomic mass is 10.0. The van der Waals surface area contributed by atoms with Gasteiger partial charge in [-0.1, -0.05) is 6.08 Å². The summed E-state index contributed by atoms with van der Waals surface area (Å²) in [4.78, 5) is 20.8. The van der Waals surface area contributed by atoms with E-state index in [-0.39, 0.29) is 22.7 Å². The van der Waals surface area contributed by atoms with Crippen molar-refractivity contribution in [2.24, 2.45) is 0 Å². The average Bonchev–Trinajstić information content (AvgIpc) is 2.48. The lowest BCUT2D eigenvalue weighted by Crippen LogP contribution is -2.36. The van der Waals surface area contributed by atoms with Crippen LogP contribution in [0.25, 0.3) is 0 Å². The van der Waals surface area contributed by atoms with Gasteiger partial charge in [-0.3, -0.25) is 14.9 Å². The van der Waals surface area contributed by atoms with Crippen molar-refractivity contribution >= 4 is 21.7 Å². The van der Waals surface area contributed by atoms with Gasteiger partial charge in [0.1, 0.15) is 6.10 Å². The first-order valence-corrected chi connectivity index (χ1v) is 8.38. The molecule has 1 aromatic rings. The van der Waals surface area contributed by atoms with E-state index in [9.17, 15) is 23.3 Å². The van der Waals surface area contributed by atoms with Crippen molar-refractivity contribution < 1.29 is 22.9 Å². The molecule has 2 rings (SSSR count). The molecule has 0 amide bonds. The third-order valence-corrected chi connectivity index (χ3v) is 4.81. The highest BCUT2D eigenvalue weighted by Crippen LogP contribution is 2.19. The molecule has 1 aromatic carbocycles. The molecule has 0 fully saturated rings. The molecular formula is C14H16N2O6S. The highest BCUT2D eigenvalue weighted by atomic mass is 32.2. The van der Waals surface area contributed by atoms with Crippen LogP contribution in [0.4, 0.5) is 5.69 Å². The fourth-order valence-electron chi connectivity index (χ4n) is 2.22. The van der Waals surface area contributed by atoms with Crippen LogP contribution >= 0.6 is 0 Å². The number of esters is 1. The molecule has 1 N–H and O–H groups in total. The smallest absolute Gasteiger partial charge is 0.303 e. The van der Waals surface area contributed by atoms with Crippen LogP contribution < -0.4 is 4.72 Å². The van der Waals surface area contributed by atoms with E-state index in [1.54, 1.807) is 12.2 Å². The largest absolute Gasteiger partial charge is 0.458 e. The summed E-state index contributed by atoms with van der Waals surface area (Å²) in [6.07, 6.45) is 3.95. The van der Waals surface area contributed by atoms with Crippen molar-refractivity contribution in [2.75, 3.05) is 0 Å². The Morgan fingerprint density at radius 2 is 1.91 bits per heavy atom. The molecule has 0 saturated carbocycles. The van der Waals surface area contributed by atoms with E-state index in [4.69, 9.17) is 4.74 Å². The lowest BCUT2D eigenvalue weighted by molar-refractivity contribution is -0.384. The number of nitro benzene ring substituents is 1. The quantitative estimate of drug-likeness (QED) is 0.376. The SMILES string of the molecule is CC(=O)O[C@H]1C=C[C@H](NS(=O)(=O)c2ccc([N+](=O)[O-])cc2)CC1. The van der Waals surface area contributed by atoms with E-state index < -0.39 is 21.0 Å². The van der Waals surface area contributed by atoms with E-state index in [0.29, 0.717) is 12.8 Å². The maximum Gasteiger partial charge on any atom is 0.303 e. The molecule has 1 aliphatic carbocycles. The highest BCUT2D eigenvalue weighted by Gasteiger charge is 2.23. The van der Waals surface area contributed by atoms with Crippen molar-refractivity contribution in [3.8, 4) is 0 Å². The second-order valence-corrected chi connectivity index (χ2v) is 6.80. The standard InChI is InChI=1S/C14H16N2O6S/c1-10(17)22-13-6-2-11(3-7-13)15-23(20,21)14-8-4-12(5-9-14)16(18)19/h2,4-6,8-9,11,13,15H,3,7H2,1H3/t11-,13-/m0/s1. The van der Waals surface area contributed by atoms with Gasteiger partial charge in [0, 0.05) is 25.1 Å². The number of carbonyl (C=O) groups excluding carboxylic acids is 1. The number of hydrogen-bond acceptors (Lipinski definition) is 6. The second kappa shape index (κ2) is 6.88. The summed E-state index contributed by atoms with van der Waals surface area (Å²) in [5, 5.41) is 10.6. The summed E-state index contributed by atoms with van der Waals surface area (Å²) < 4.78 is 32.0. The van der Waals surface area contributed by atoms with Crippen LogP contribution in [-0.4, -0.2) is 31.5 Å². The van der Waals surface area contributed by atoms with E-state index in [1.165, 1.54) is 19.1 Å². The summed E-state index contributed by atoms with van der Waals surface area (Å²) in [6, 6.07) is 4.25. The summed E-state index contributed by atoms with van der Waals surface area (Å²) in [5.41, 5.74) is -0.175. The van der Waals surface area contributed by atoms with Gasteiger partial charge >= 0.3 is 5.97 Å². The molecule has 0 bridgehead atoms. The maximum absolute atomic E-state index is 12.2. The summed E-state index contributed by atoms with van der Waals surface area (Å²) in [5.74, 6) is -0.385. The molecule has 124 valence electrons. The Kier molecular flexibility index (Phi) is 5.12. The number of carbonyl (C=O) groups is 1. The topological polar surface area (TPSA) is 116 Å².